The zero-order valence-electron chi connectivity index (χ0n) is 8.02. The molecule has 0 saturated heterocycles. The maximum Gasteiger partial charge on any atom is 2.00 e. The van der Waals surface area contributed by atoms with Crippen molar-refractivity contribution in [3.63, 3.8) is 0 Å². The Morgan fingerprint density at radius 3 is 1.12 bits per heavy atom. The summed E-state index contributed by atoms with van der Waals surface area (Å²) >= 11 is 0. The zero-order chi connectivity index (χ0) is 5.41. The molecule has 0 aromatic heterocycles. The van der Waals surface area contributed by atoms with Crippen LogP contribution in [0.3, 0.4) is 0 Å². The van der Waals surface area contributed by atoms with E-state index in [0.717, 1.165) is 0 Å². The van der Waals surface area contributed by atoms with Gasteiger partial charge < -0.3 is 16.1 Å². The minimum absolute atomic E-state index is 0. The van der Waals surface area contributed by atoms with Crippen molar-refractivity contribution in [2.45, 2.75) is 0 Å². The molecule has 8 heavy (non-hydrogen) atoms. The maximum atomic E-state index is 8.11. The number of hydrogen-bond acceptors (Lipinski definition) is 4. The van der Waals surface area contributed by atoms with Crippen molar-refractivity contribution >= 4 is 71.9 Å². The van der Waals surface area contributed by atoms with Gasteiger partial charge in [0.15, 0.2) is 10.7 Å². The second kappa shape index (κ2) is 42.1. The molecule has 0 bridgehead atoms. The summed E-state index contributed by atoms with van der Waals surface area (Å²) in [5.41, 5.74) is 0. The quantitative estimate of drug-likeness (QED) is 0.363. The third-order valence-corrected chi connectivity index (χ3v) is 0. The van der Waals surface area contributed by atoms with Crippen LogP contribution in [0.15, 0.2) is 10.7 Å². The van der Waals surface area contributed by atoms with Gasteiger partial charge in [-0.05, 0) is 0 Å². The molecule has 0 radical (unpaired) electrons. The van der Waals surface area contributed by atoms with Crippen molar-refractivity contribution in [3.8, 4) is 0 Å². The minimum atomic E-state index is 0. The van der Waals surface area contributed by atoms with E-state index in [1.165, 1.54) is 10.7 Å². The van der Waals surface area contributed by atoms with E-state index in [1.54, 1.807) is 0 Å². The van der Waals surface area contributed by atoms with Gasteiger partial charge in [-0.2, -0.15) is 0 Å². The Balaban J connectivity index is -0.00000000296. The van der Waals surface area contributed by atoms with Crippen molar-refractivity contribution in [1.29, 1.82) is 0 Å². The first-order valence-electron chi connectivity index (χ1n) is 0.765. The Morgan fingerprint density at radius 1 is 1.12 bits per heavy atom. The SMILES string of the molecule is O=NO.O=NO.[Ba+2].[H-].[H-].[H-].[H-].[Mg+2]. The second-order valence-corrected chi connectivity index (χ2v) is 0.163. The topological polar surface area (TPSA) is 99.3 Å². The fourth-order valence-corrected chi connectivity index (χ4v) is 0. The van der Waals surface area contributed by atoms with Gasteiger partial charge in [0.2, 0.25) is 0 Å². The van der Waals surface area contributed by atoms with Crippen molar-refractivity contribution in [2.75, 3.05) is 0 Å². The average Bonchev–Trinajstić information content (AvgIpc) is 1.39. The number of nitrogens with zero attached hydrogens (tertiary/aromatic N) is 2. The molecule has 0 saturated carbocycles. The molecule has 44 valence electrons. The molecule has 0 amide bonds. The summed E-state index contributed by atoms with van der Waals surface area (Å²) in [5.74, 6) is 0. The van der Waals surface area contributed by atoms with Gasteiger partial charge in [-0.25, -0.2) is 0 Å². The third-order valence-electron chi connectivity index (χ3n) is 0. The normalized spacial score (nSPS) is 3.00. The van der Waals surface area contributed by atoms with Gasteiger partial charge >= 0.3 is 71.9 Å². The van der Waals surface area contributed by atoms with Gasteiger partial charge in [0, 0.05) is 0 Å². The molecular weight excluding hydrogens is 254 g/mol. The fourth-order valence-electron chi connectivity index (χ4n) is 0. The molecule has 0 rings (SSSR count). The Hall–Kier alpha value is 1.14. The van der Waals surface area contributed by atoms with Gasteiger partial charge in [0.25, 0.3) is 0 Å². The molecule has 0 aliphatic rings. The largest absolute Gasteiger partial charge is 2.00 e. The molecule has 0 fully saturated rings. The van der Waals surface area contributed by atoms with E-state index in [9.17, 15) is 0 Å². The molecule has 0 aromatic rings. The summed E-state index contributed by atoms with van der Waals surface area (Å²) in [6.45, 7) is 0. The van der Waals surface area contributed by atoms with Crippen LogP contribution in [0.5, 0.6) is 0 Å². The number of rotatable bonds is 0. The fraction of sp³-hybridized carbons (Fsp3) is 0. The molecule has 2 N–H and O–H groups in total. The standard InChI is InChI=1S/Ba.Mg.2HNO2.4H/c;;2*2-1-3;;;;/h;;2*(H,2,3);;;;/q2*+2;;;4*-1. The van der Waals surface area contributed by atoms with Gasteiger partial charge in [0.05, 0.1) is 0 Å². The Kier molecular flexibility index (Phi) is 121. The van der Waals surface area contributed by atoms with Crippen LogP contribution < -0.4 is 0 Å². The van der Waals surface area contributed by atoms with E-state index in [4.69, 9.17) is 20.2 Å². The van der Waals surface area contributed by atoms with Crippen LogP contribution in [0, 0.1) is 9.81 Å². The van der Waals surface area contributed by atoms with Crippen LogP contribution in [0.1, 0.15) is 5.71 Å². The molecule has 0 spiro atoms. The van der Waals surface area contributed by atoms with E-state index in [-0.39, 0.29) is 77.6 Å². The molecule has 0 aliphatic heterocycles. The minimum Gasteiger partial charge on any atom is -1.00 e. The third kappa shape index (κ3) is 208. The Morgan fingerprint density at radius 2 is 1.12 bits per heavy atom. The van der Waals surface area contributed by atoms with Crippen molar-refractivity contribution in [1.82, 2.24) is 0 Å². The zero-order valence-corrected chi connectivity index (χ0v) is 9.87. The molecule has 0 atom stereocenters. The van der Waals surface area contributed by atoms with Gasteiger partial charge in [-0.15, -0.1) is 9.81 Å². The summed E-state index contributed by atoms with van der Waals surface area (Å²) in [4.78, 5) is 16.2. The van der Waals surface area contributed by atoms with E-state index >= 15 is 0 Å². The van der Waals surface area contributed by atoms with E-state index in [2.05, 4.69) is 0 Å². The van der Waals surface area contributed by atoms with Crippen LogP contribution >= 0.6 is 0 Å². The van der Waals surface area contributed by atoms with Crippen molar-refractivity contribution in [3.05, 3.63) is 9.81 Å². The summed E-state index contributed by atoms with van der Waals surface area (Å²) in [5, 5.41) is 15.8. The molecule has 0 unspecified atom stereocenters. The van der Waals surface area contributed by atoms with Crippen LogP contribution in [0.25, 0.3) is 0 Å². The van der Waals surface area contributed by atoms with Crippen molar-refractivity contribution in [2.24, 2.45) is 10.7 Å². The van der Waals surface area contributed by atoms with Gasteiger partial charge in [0.1, 0.15) is 0 Å². The first-order chi connectivity index (χ1) is 2.83. The molecule has 0 aliphatic carbocycles. The van der Waals surface area contributed by atoms with Crippen LogP contribution in [0.4, 0.5) is 0 Å². The monoisotopic (exact) mass is 260 g/mol. The van der Waals surface area contributed by atoms with Crippen LogP contribution in [-0.4, -0.2) is 82.3 Å². The van der Waals surface area contributed by atoms with Crippen molar-refractivity contribution < 1.29 is 16.1 Å². The van der Waals surface area contributed by atoms with E-state index < -0.39 is 0 Å². The molecule has 0 aromatic carbocycles. The van der Waals surface area contributed by atoms with E-state index in [1.807, 2.05) is 0 Å². The first-order valence-corrected chi connectivity index (χ1v) is 0.765. The summed E-state index contributed by atoms with van der Waals surface area (Å²) in [6, 6.07) is 0. The first kappa shape index (κ1) is 22.9. The van der Waals surface area contributed by atoms with Crippen LogP contribution in [0.2, 0.25) is 0 Å². The molecule has 6 nitrogen and oxygen atoms in total. The molecule has 0 heterocycles. The summed E-state index contributed by atoms with van der Waals surface area (Å²) in [7, 11) is 0. The van der Waals surface area contributed by atoms with Crippen LogP contribution in [-0.2, 0) is 0 Å². The Bertz CT molecular complexity index is 46.0. The predicted octanol–water partition coefficient (Wildman–Crippen LogP) is -0.0276. The average molecular weight is 260 g/mol. The Labute approximate surface area is 107 Å². The second-order valence-electron chi connectivity index (χ2n) is 0.163. The van der Waals surface area contributed by atoms with Gasteiger partial charge in [-0.3, -0.25) is 0 Å². The summed E-state index contributed by atoms with van der Waals surface area (Å²) < 4.78 is 0. The molecule has 8 heteroatoms. The number of hydrogen-bond donors (Lipinski definition) is 2. The molecular formula is H6BaMgN2O4. The smallest absolute Gasteiger partial charge is 1.00 e. The van der Waals surface area contributed by atoms with Gasteiger partial charge in [-0.1, -0.05) is 0 Å². The summed E-state index contributed by atoms with van der Waals surface area (Å²) in [6.07, 6.45) is 0. The van der Waals surface area contributed by atoms with E-state index in [0.29, 0.717) is 0 Å². The maximum absolute atomic E-state index is 8.11. The predicted molar refractivity (Wildman–Crippen MR) is 31.1 cm³/mol.